The van der Waals surface area contributed by atoms with Crippen LogP contribution >= 0.6 is 0 Å². The molecule has 1 aliphatic heterocycles. The van der Waals surface area contributed by atoms with Crippen molar-refractivity contribution >= 4 is 5.97 Å². The van der Waals surface area contributed by atoms with E-state index in [0.717, 1.165) is 37.2 Å². The number of hydrogen-bond donors (Lipinski definition) is 0. The number of esters is 1. The van der Waals surface area contributed by atoms with Crippen molar-refractivity contribution in [3.05, 3.63) is 58.4 Å². The summed E-state index contributed by atoms with van der Waals surface area (Å²) < 4.78 is 11.0. The second-order valence-electron chi connectivity index (χ2n) is 8.70. The molecule has 0 saturated carbocycles. The Bertz CT molecular complexity index is 964. The van der Waals surface area contributed by atoms with Gasteiger partial charge in [0.15, 0.2) is 0 Å². The van der Waals surface area contributed by atoms with Crippen molar-refractivity contribution in [3.8, 4) is 17.6 Å². The van der Waals surface area contributed by atoms with Gasteiger partial charge in [0.2, 0.25) is 0 Å². The number of pyridine rings is 1. The maximum atomic E-state index is 11.8. The summed E-state index contributed by atoms with van der Waals surface area (Å²) in [4.78, 5) is 16.1. The number of nitrogens with zero attached hydrogens (tertiary/aromatic N) is 1. The van der Waals surface area contributed by atoms with Gasteiger partial charge in [-0.2, -0.15) is 0 Å². The Morgan fingerprint density at radius 1 is 1.16 bits per heavy atom. The van der Waals surface area contributed by atoms with Crippen molar-refractivity contribution in [2.24, 2.45) is 0 Å². The van der Waals surface area contributed by atoms with Crippen molar-refractivity contribution in [2.75, 3.05) is 13.2 Å². The van der Waals surface area contributed by atoms with Crippen molar-refractivity contribution in [1.82, 2.24) is 4.98 Å². The van der Waals surface area contributed by atoms with Crippen LogP contribution in [0.5, 0.6) is 5.75 Å². The quantitative estimate of drug-likeness (QED) is 0.321. The van der Waals surface area contributed by atoms with Crippen molar-refractivity contribution in [3.63, 3.8) is 0 Å². The molecule has 2 aromatic rings. The topological polar surface area (TPSA) is 48.4 Å². The van der Waals surface area contributed by atoms with Crippen LogP contribution in [0.15, 0.2) is 30.5 Å². The molecule has 0 bridgehead atoms. The Hall–Kier alpha value is -2.80. The maximum absolute atomic E-state index is 11.8. The molecule has 1 aromatic carbocycles. The van der Waals surface area contributed by atoms with Gasteiger partial charge in [-0.15, -0.1) is 0 Å². The van der Waals surface area contributed by atoms with E-state index in [9.17, 15) is 4.79 Å². The molecule has 4 nitrogen and oxygen atoms in total. The Balaban J connectivity index is 1.89. The first kappa shape index (κ1) is 22.9. The number of ether oxygens (including phenoxy) is 2. The Labute approximate surface area is 186 Å². The van der Waals surface area contributed by atoms with Crippen LogP contribution in [0.4, 0.5) is 0 Å². The summed E-state index contributed by atoms with van der Waals surface area (Å²) in [5, 5.41) is 0. The second-order valence-corrected chi connectivity index (χ2v) is 8.70. The van der Waals surface area contributed by atoms with E-state index in [1.54, 1.807) is 19.1 Å². The highest BCUT2D eigenvalue weighted by Crippen LogP contribution is 2.40. The summed E-state index contributed by atoms with van der Waals surface area (Å²) in [7, 11) is 0. The highest BCUT2D eigenvalue weighted by atomic mass is 16.5. The van der Waals surface area contributed by atoms with Gasteiger partial charge in [-0.25, -0.2) is 9.78 Å². The molecule has 0 aliphatic carbocycles. The number of carbonyl (C=O) groups excluding carboxylic acids is 1. The molecule has 0 saturated heterocycles. The van der Waals surface area contributed by atoms with E-state index in [1.165, 1.54) is 36.6 Å². The van der Waals surface area contributed by atoms with Gasteiger partial charge in [-0.1, -0.05) is 46.0 Å². The Kier molecular flexibility index (Phi) is 7.74. The normalized spacial score (nSPS) is 14.1. The first-order chi connectivity index (χ1) is 14.9. The summed E-state index contributed by atoms with van der Waals surface area (Å²) in [6, 6.07) is 7.89. The molecule has 1 aromatic heterocycles. The molecule has 0 fully saturated rings. The zero-order chi connectivity index (χ0) is 22.3. The highest BCUT2D eigenvalue weighted by molar-refractivity contribution is 5.89. The fourth-order valence-electron chi connectivity index (χ4n) is 3.82. The molecular formula is C27H33NO3. The van der Waals surface area contributed by atoms with Gasteiger partial charge >= 0.3 is 5.97 Å². The molecule has 164 valence electrons. The van der Waals surface area contributed by atoms with Crippen LogP contribution in [-0.2, 0) is 16.6 Å². The molecule has 0 atom stereocenters. The SMILES string of the molecule is CCCCCCc1cc2c(cc1C#Cc1ccc(C(=O)OCC)cn1)C(C)(C)CCO2. The molecule has 31 heavy (non-hydrogen) atoms. The summed E-state index contributed by atoms with van der Waals surface area (Å²) in [5.41, 5.74) is 4.67. The number of carbonyl (C=O) groups is 1. The van der Waals surface area contributed by atoms with Crippen LogP contribution < -0.4 is 4.74 Å². The largest absolute Gasteiger partial charge is 0.493 e. The minimum atomic E-state index is -0.360. The van der Waals surface area contributed by atoms with Crippen molar-refractivity contribution in [1.29, 1.82) is 0 Å². The summed E-state index contributed by atoms with van der Waals surface area (Å²) in [5.74, 6) is 7.17. The predicted octanol–water partition coefficient (Wildman–Crippen LogP) is 5.84. The predicted molar refractivity (Wildman–Crippen MR) is 124 cm³/mol. The molecule has 0 N–H and O–H groups in total. The monoisotopic (exact) mass is 419 g/mol. The highest BCUT2D eigenvalue weighted by Gasteiger charge is 2.29. The van der Waals surface area contributed by atoms with E-state index >= 15 is 0 Å². The zero-order valence-electron chi connectivity index (χ0n) is 19.2. The standard InChI is InChI=1S/C27H33NO3/c1-5-7-8-9-10-20-18-25-24(27(3,4)15-16-31-25)17-21(20)11-13-23-14-12-22(19-28-23)26(29)30-6-2/h12,14,17-19H,5-10,15-16H2,1-4H3. The van der Waals surface area contributed by atoms with Crippen LogP contribution in [0, 0.1) is 11.8 Å². The number of unbranched alkanes of at least 4 members (excludes halogenated alkanes) is 3. The lowest BCUT2D eigenvalue weighted by Gasteiger charge is -2.33. The molecule has 0 radical (unpaired) electrons. The summed E-state index contributed by atoms with van der Waals surface area (Å²) >= 11 is 0. The lowest BCUT2D eigenvalue weighted by atomic mass is 9.78. The summed E-state index contributed by atoms with van der Waals surface area (Å²) in [6.07, 6.45) is 8.38. The maximum Gasteiger partial charge on any atom is 0.339 e. The van der Waals surface area contributed by atoms with Crippen LogP contribution in [0.1, 0.15) is 92.5 Å². The number of rotatable bonds is 7. The molecular weight excluding hydrogens is 386 g/mol. The van der Waals surface area contributed by atoms with Crippen LogP contribution in [-0.4, -0.2) is 24.2 Å². The van der Waals surface area contributed by atoms with E-state index in [0.29, 0.717) is 17.9 Å². The average Bonchev–Trinajstić information content (AvgIpc) is 2.76. The smallest absolute Gasteiger partial charge is 0.339 e. The van der Waals surface area contributed by atoms with Crippen LogP contribution in [0.2, 0.25) is 0 Å². The molecule has 0 amide bonds. The van der Waals surface area contributed by atoms with E-state index in [4.69, 9.17) is 9.47 Å². The second kappa shape index (κ2) is 10.5. The molecule has 0 spiro atoms. The third-order valence-corrected chi connectivity index (χ3v) is 5.82. The van der Waals surface area contributed by atoms with Gasteiger partial charge in [0.05, 0.1) is 18.8 Å². The third kappa shape index (κ3) is 5.88. The minimum Gasteiger partial charge on any atom is -0.493 e. The zero-order valence-corrected chi connectivity index (χ0v) is 19.2. The fourth-order valence-corrected chi connectivity index (χ4v) is 3.82. The molecule has 1 aliphatic rings. The number of aromatic nitrogens is 1. The van der Waals surface area contributed by atoms with E-state index in [2.05, 4.69) is 49.7 Å². The third-order valence-electron chi connectivity index (χ3n) is 5.82. The number of aryl methyl sites for hydroxylation is 1. The van der Waals surface area contributed by atoms with E-state index in [1.807, 2.05) is 0 Å². The summed E-state index contributed by atoms with van der Waals surface area (Å²) in [6.45, 7) is 9.66. The molecule has 4 heteroatoms. The number of hydrogen-bond acceptors (Lipinski definition) is 4. The minimum absolute atomic E-state index is 0.0737. The van der Waals surface area contributed by atoms with E-state index < -0.39 is 0 Å². The van der Waals surface area contributed by atoms with Gasteiger partial charge in [-0.05, 0) is 67.4 Å². The Morgan fingerprint density at radius 3 is 2.71 bits per heavy atom. The van der Waals surface area contributed by atoms with Gasteiger partial charge < -0.3 is 9.47 Å². The lowest BCUT2D eigenvalue weighted by Crippen LogP contribution is -2.27. The van der Waals surface area contributed by atoms with Gasteiger partial charge in [0.1, 0.15) is 11.4 Å². The fraction of sp³-hybridized carbons (Fsp3) is 0.481. The first-order valence-electron chi connectivity index (χ1n) is 11.4. The van der Waals surface area contributed by atoms with Crippen molar-refractivity contribution in [2.45, 2.75) is 71.6 Å². The van der Waals surface area contributed by atoms with Crippen molar-refractivity contribution < 1.29 is 14.3 Å². The van der Waals surface area contributed by atoms with Crippen LogP contribution in [0.25, 0.3) is 0 Å². The van der Waals surface area contributed by atoms with E-state index in [-0.39, 0.29) is 11.4 Å². The number of benzene rings is 1. The first-order valence-corrected chi connectivity index (χ1v) is 11.4. The van der Waals surface area contributed by atoms with Gasteiger partial charge in [0, 0.05) is 17.3 Å². The molecule has 0 unspecified atom stereocenters. The molecule has 3 rings (SSSR count). The van der Waals surface area contributed by atoms with Gasteiger partial charge in [-0.3, -0.25) is 0 Å². The molecule has 2 heterocycles. The number of fused-ring (bicyclic) bond motifs is 1. The average molecular weight is 420 g/mol. The Morgan fingerprint density at radius 2 is 2.00 bits per heavy atom. The van der Waals surface area contributed by atoms with Gasteiger partial charge in [0.25, 0.3) is 0 Å². The van der Waals surface area contributed by atoms with Crippen LogP contribution in [0.3, 0.4) is 0 Å². The lowest BCUT2D eigenvalue weighted by molar-refractivity contribution is 0.0526.